The Morgan fingerprint density at radius 2 is 0.500 bits per heavy atom. The standard InChI is InChI=1S/C85H138O17P2/c1-5-9-13-17-21-25-29-33-37-38-39-40-44-46-50-54-58-62-66-70-83(88)96-76-81(102-85(90)72-68-64-60-56-52-48-43-36-32-28-24-20-16-12-8-4)78-100-104(93,94)98-74-79(86)73-97-103(91,92)99-77-80(101-84(89)71-67-63-59-55-51-47-42-35-31-27-23-19-15-11-7-3)75-95-82(87)69-65-61-57-53-49-45-41-34-30-26-22-18-14-10-6-2/h9-11,13-15,21-23,25-27,33-37,39-43,46,49-51,53,55,79-81,86H,5-8,12,16-20,24,28-32,38,44-45,47-48,52,54,56-78H2,1-4H3,(H,91,92)(H,93,94)/b13-9-,14-10-,15-11-,25-21-,26-22-,27-23-,37-33-,40-39-,41-34-,42-35-,43-36-,50-46-,53-49-,55-51-. The first-order valence-corrected chi connectivity index (χ1v) is 42.4. The summed E-state index contributed by atoms with van der Waals surface area (Å²) in [6, 6.07) is 0. The van der Waals surface area contributed by atoms with Crippen molar-refractivity contribution in [1.29, 1.82) is 0 Å². The van der Waals surface area contributed by atoms with Gasteiger partial charge in [0.15, 0.2) is 12.2 Å². The number of esters is 4. The van der Waals surface area contributed by atoms with E-state index >= 15 is 0 Å². The summed E-state index contributed by atoms with van der Waals surface area (Å²) in [7, 11) is -10.0. The number of rotatable bonds is 72. The first kappa shape index (κ1) is 98.4. The minimum absolute atomic E-state index is 0.0267. The van der Waals surface area contributed by atoms with Crippen LogP contribution in [0.15, 0.2) is 170 Å². The summed E-state index contributed by atoms with van der Waals surface area (Å²) in [6.07, 6.45) is 89.2. The van der Waals surface area contributed by atoms with Crippen LogP contribution in [0.3, 0.4) is 0 Å². The lowest BCUT2D eigenvalue weighted by molar-refractivity contribution is -0.161. The van der Waals surface area contributed by atoms with Crippen LogP contribution in [0.1, 0.15) is 285 Å². The Kier molecular flexibility index (Phi) is 71.6. The van der Waals surface area contributed by atoms with Crippen molar-refractivity contribution in [2.24, 2.45) is 0 Å². The van der Waals surface area contributed by atoms with Crippen LogP contribution >= 0.6 is 15.6 Å². The Morgan fingerprint density at radius 3 is 0.808 bits per heavy atom. The summed E-state index contributed by atoms with van der Waals surface area (Å²) < 4.78 is 68.5. The van der Waals surface area contributed by atoms with Crippen molar-refractivity contribution in [2.45, 2.75) is 303 Å². The normalized spacial score (nSPS) is 14.8. The molecule has 0 aromatic heterocycles. The van der Waals surface area contributed by atoms with E-state index in [1.165, 1.54) is 38.5 Å². The van der Waals surface area contributed by atoms with Gasteiger partial charge in [-0.1, -0.05) is 256 Å². The predicted molar refractivity (Wildman–Crippen MR) is 426 cm³/mol. The topological polar surface area (TPSA) is 237 Å². The van der Waals surface area contributed by atoms with Crippen molar-refractivity contribution in [3.05, 3.63) is 170 Å². The third-order valence-corrected chi connectivity index (χ3v) is 17.6. The highest BCUT2D eigenvalue weighted by molar-refractivity contribution is 7.47. The Balaban J connectivity index is 5.48. The highest BCUT2D eigenvalue weighted by Crippen LogP contribution is 2.45. The Bertz CT molecular complexity index is 2640. The number of carbonyl (C=O) groups is 4. The summed E-state index contributed by atoms with van der Waals surface area (Å²) in [6.45, 7) is 4.36. The number of hydrogen-bond donors (Lipinski definition) is 3. The number of unbranched alkanes of at least 4 members (excludes halogenated alkanes) is 18. The van der Waals surface area contributed by atoms with E-state index in [0.29, 0.717) is 32.1 Å². The molecule has 0 amide bonds. The quantitative estimate of drug-likeness (QED) is 0.0169. The van der Waals surface area contributed by atoms with Crippen LogP contribution in [-0.4, -0.2) is 96.7 Å². The number of carbonyl (C=O) groups excluding carboxylic acids is 4. The van der Waals surface area contributed by atoms with Crippen LogP contribution in [0.2, 0.25) is 0 Å². The van der Waals surface area contributed by atoms with Gasteiger partial charge in [-0.15, -0.1) is 0 Å². The van der Waals surface area contributed by atoms with Crippen molar-refractivity contribution < 1.29 is 80.2 Å². The second-order valence-electron chi connectivity index (χ2n) is 25.5. The molecule has 0 aromatic rings. The predicted octanol–water partition coefficient (Wildman–Crippen LogP) is 23.0. The molecule has 0 fully saturated rings. The molecule has 0 saturated carbocycles. The van der Waals surface area contributed by atoms with Crippen LogP contribution in [0.4, 0.5) is 0 Å². The number of ether oxygens (including phenoxy) is 4. The van der Waals surface area contributed by atoms with Gasteiger partial charge < -0.3 is 33.8 Å². The molecule has 0 aliphatic rings. The number of aliphatic hydroxyl groups is 1. The number of hydrogen-bond acceptors (Lipinski definition) is 15. The van der Waals surface area contributed by atoms with Gasteiger partial charge in [0.25, 0.3) is 0 Å². The fraction of sp³-hybridized carbons (Fsp3) is 0.624. The van der Waals surface area contributed by atoms with Crippen molar-refractivity contribution in [2.75, 3.05) is 39.6 Å². The molecular weight excluding hydrogens is 1350 g/mol. The molecule has 0 bridgehead atoms. The lowest BCUT2D eigenvalue weighted by Gasteiger charge is -2.21. The van der Waals surface area contributed by atoms with Crippen molar-refractivity contribution >= 4 is 39.5 Å². The van der Waals surface area contributed by atoms with E-state index in [-0.39, 0.29) is 25.7 Å². The summed E-state index contributed by atoms with van der Waals surface area (Å²) >= 11 is 0. The van der Waals surface area contributed by atoms with E-state index in [1.807, 2.05) is 0 Å². The molecule has 0 aliphatic heterocycles. The van der Waals surface area contributed by atoms with Gasteiger partial charge in [-0.05, 0) is 173 Å². The molecule has 0 spiro atoms. The largest absolute Gasteiger partial charge is 0.472 e. The fourth-order valence-corrected chi connectivity index (χ4v) is 11.3. The number of aliphatic hydroxyl groups excluding tert-OH is 1. The van der Waals surface area contributed by atoms with Crippen molar-refractivity contribution in [1.82, 2.24) is 0 Å². The first-order chi connectivity index (χ1) is 50.7. The van der Waals surface area contributed by atoms with Gasteiger partial charge in [0.05, 0.1) is 26.4 Å². The molecule has 0 rings (SSSR count). The second-order valence-corrected chi connectivity index (χ2v) is 28.4. The van der Waals surface area contributed by atoms with Crippen LogP contribution in [0.25, 0.3) is 0 Å². The molecule has 17 nitrogen and oxygen atoms in total. The summed E-state index contributed by atoms with van der Waals surface area (Å²) in [5, 5.41) is 10.6. The zero-order chi connectivity index (χ0) is 76.0. The Hall–Kier alpha value is -5.58. The molecule has 0 heterocycles. The molecule has 5 unspecified atom stereocenters. The van der Waals surface area contributed by atoms with Gasteiger partial charge in [-0.3, -0.25) is 37.3 Å². The maximum Gasteiger partial charge on any atom is 0.472 e. The van der Waals surface area contributed by atoms with Gasteiger partial charge >= 0.3 is 39.5 Å². The zero-order valence-electron chi connectivity index (χ0n) is 64.4. The zero-order valence-corrected chi connectivity index (χ0v) is 66.2. The third-order valence-electron chi connectivity index (χ3n) is 15.7. The van der Waals surface area contributed by atoms with E-state index in [1.54, 1.807) is 0 Å². The molecule has 590 valence electrons. The molecule has 0 saturated heterocycles. The van der Waals surface area contributed by atoms with Crippen LogP contribution in [0.5, 0.6) is 0 Å². The van der Waals surface area contributed by atoms with Gasteiger partial charge in [-0.25, -0.2) is 9.13 Å². The molecule has 5 atom stereocenters. The van der Waals surface area contributed by atoms with E-state index in [2.05, 4.69) is 198 Å². The molecule has 104 heavy (non-hydrogen) atoms. The monoisotopic (exact) mass is 1490 g/mol. The summed E-state index contributed by atoms with van der Waals surface area (Å²) in [5.41, 5.74) is 0. The second kappa shape index (κ2) is 75.6. The van der Waals surface area contributed by atoms with Crippen LogP contribution in [-0.2, 0) is 65.4 Å². The molecule has 0 radical (unpaired) electrons. The highest BCUT2D eigenvalue weighted by Gasteiger charge is 2.30. The van der Waals surface area contributed by atoms with E-state index in [9.17, 15) is 43.2 Å². The van der Waals surface area contributed by atoms with Crippen molar-refractivity contribution in [3.63, 3.8) is 0 Å². The lowest BCUT2D eigenvalue weighted by atomic mass is 10.1. The molecule has 19 heteroatoms. The van der Waals surface area contributed by atoms with Crippen LogP contribution < -0.4 is 0 Å². The van der Waals surface area contributed by atoms with Crippen molar-refractivity contribution in [3.8, 4) is 0 Å². The van der Waals surface area contributed by atoms with E-state index in [4.69, 9.17) is 37.0 Å². The first-order valence-electron chi connectivity index (χ1n) is 39.4. The van der Waals surface area contributed by atoms with Crippen LogP contribution in [0, 0.1) is 0 Å². The minimum Gasteiger partial charge on any atom is -0.462 e. The van der Waals surface area contributed by atoms with Gasteiger partial charge in [0, 0.05) is 25.7 Å². The highest BCUT2D eigenvalue weighted by atomic mass is 31.2. The number of allylic oxidation sites excluding steroid dienone is 28. The minimum atomic E-state index is -5.01. The molecule has 3 N–H and O–H groups in total. The summed E-state index contributed by atoms with van der Waals surface area (Å²) in [4.78, 5) is 73.0. The third kappa shape index (κ3) is 74.7. The van der Waals surface area contributed by atoms with E-state index in [0.717, 1.165) is 161 Å². The maximum atomic E-state index is 13.1. The Morgan fingerprint density at radius 1 is 0.279 bits per heavy atom. The number of phosphoric acid groups is 2. The van der Waals surface area contributed by atoms with Gasteiger partial charge in [-0.2, -0.15) is 0 Å². The summed E-state index contributed by atoms with van der Waals surface area (Å²) in [5.74, 6) is -2.33. The average molecular weight is 1490 g/mol. The van der Waals surface area contributed by atoms with E-state index < -0.39 is 97.5 Å². The maximum absolute atomic E-state index is 13.1. The molecule has 0 aromatic carbocycles. The molecular formula is C85H138O17P2. The Labute approximate surface area is 629 Å². The number of phosphoric ester groups is 2. The fourth-order valence-electron chi connectivity index (χ4n) is 9.75. The SMILES string of the molecule is CC/C=C\C/C=C\C/C=C\C/C=C\C/C=C\CCCCCC(=O)OCC(COP(=O)(O)OCC(O)COP(=O)(O)OCC(COC(=O)CCCC/C=C\C/C=C\C/C=C\C/C=C\CC)OC(=O)CCCC/C=C\C/C=C\C/C=C\C/C=C\CC)OC(=O)CCCCCCC/C=C\CCCCCCCC. The molecule has 0 aliphatic carbocycles. The average Bonchev–Trinajstić information content (AvgIpc) is 0.918. The lowest BCUT2D eigenvalue weighted by Crippen LogP contribution is -2.30. The van der Waals surface area contributed by atoms with Gasteiger partial charge in [0.1, 0.15) is 19.3 Å². The smallest absolute Gasteiger partial charge is 0.462 e. The van der Waals surface area contributed by atoms with Gasteiger partial charge in [0.2, 0.25) is 0 Å².